The molecule has 0 atom stereocenters. The van der Waals surface area contributed by atoms with E-state index in [0.717, 1.165) is 13.2 Å². The SMILES string of the molecule is CCCC(C)(C)N1CC2(COC2)C1. The quantitative estimate of drug-likeness (QED) is 0.662. The molecule has 0 saturated carbocycles. The first kappa shape index (κ1) is 9.47. The maximum absolute atomic E-state index is 5.27. The van der Waals surface area contributed by atoms with Crippen LogP contribution in [0.5, 0.6) is 0 Å². The fourth-order valence-corrected chi connectivity index (χ4v) is 2.53. The average molecular weight is 183 g/mol. The van der Waals surface area contributed by atoms with E-state index in [9.17, 15) is 0 Å². The molecular weight excluding hydrogens is 162 g/mol. The smallest absolute Gasteiger partial charge is 0.0569 e. The van der Waals surface area contributed by atoms with E-state index in [0.29, 0.717) is 11.0 Å². The number of nitrogens with zero attached hydrogens (tertiary/aromatic N) is 1. The summed E-state index contributed by atoms with van der Waals surface area (Å²) in [4.78, 5) is 2.61. The first-order valence-corrected chi connectivity index (χ1v) is 5.41. The summed E-state index contributed by atoms with van der Waals surface area (Å²) in [6.45, 7) is 11.5. The summed E-state index contributed by atoms with van der Waals surface area (Å²) in [5, 5.41) is 0. The lowest BCUT2D eigenvalue weighted by Crippen LogP contribution is -2.70. The van der Waals surface area contributed by atoms with Crippen LogP contribution in [-0.2, 0) is 4.74 Å². The van der Waals surface area contributed by atoms with Crippen molar-refractivity contribution in [1.29, 1.82) is 0 Å². The van der Waals surface area contributed by atoms with Crippen molar-refractivity contribution in [2.24, 2.45) is 5.41 Å². The van der Waals surface area contributed by atoms with Crippen LogP contribution in [0.25, 0.3) is 0 Å². The highest BCUT2D eigenvalue weighted by atomic mass is 16.5. The first-order valence-electron chi connectivity index (χ1n) is 5.41. The molecular formula is C11H21NO. The van der Waals surface area contributed by atoms with E-state index in [-0.39, 0.29) is 0 Å². The van der Waals surface area contributed by atoms with Crippen molar-refractivity contribution in [3.8, 4) is 0 Å². The molecule has 0 amide bonds. The number of likely N-dealkylation sites (tertiary alicyclic amines) is 1. The largest absolute Gasteiger partial charge is 0.380 e. The maximum atomic E-state index is 5.27. The Balaban J connectivity index is 1.84. The third kappa shape index (κ3) is 1.50. The average Bonchev–Trinajstić information content (AvgIpc) is 1.78. The molecule has 2 aliphatic heterocycles. The van der Waals surface area contributed by atoms with Gasteiger partial charge < -0.3 is 4.74 Å². The zero-order valence-electron chi connectivity index (χ0n) is 9.10. The lowest BCUT2D eigenvalue weighted by atomic mass is 9.74. The summed E-state index contributed by atoms with van der Waals surface area (Å²) >= 11 is 0. The second-order valence-corrected chi connectivity index (χ2v) is 5.41. The van der Waals surface area contributed by atoms with Crippen LogP contribution in [0.3, 0.4) is 0 Å². The number of hydrogen-bond donors (Lipinski definition) is 0. The number of ether oxygens (including phenoxy) is 1. The second kappa shape index (κ2) is 2.96. The second-order valence-electron chi connectivity index (χ2n) is 5.41. The fourth-order valence-electron chi connectivity index (χ4n) is 2.53. The van der Waals surface area contributed by atoms with Crippen molar-refractivity contribution in [2.75, 3.05) is 26.3 Å². The van der Waals surface area contributed by atoms with E-state index in [4.69, 9.17) is 4.74 Å². The zero-order chi connectivity index (χ0) is 9.53. The summed E-state index contributed by atoms with van der Waals surface area (Å²) in [6, 6.07) is 0. The molecule has 2 fully saturated rings. The standard InChI is InChI=1S/C11H21NO/c1-4-5-10(2,3)12-6-11(7-12)8-13-9-11/h4-9H2,1-3H3. The van der Waals surface area contributed by atoms with Crippen molar-refractivity contribution < 1.29 is 4.74 Å². The van der Waals surface area contributed by atoms with Crippen LogP contribution in [0.4, 0.5) is 0 Å². The summed E-state index contributed by atoms with van der Waals surface area (Å²) in [6.07, 6.45) is 2.59. The molecule has 0 N–H and O–H groups in total. The van der Waals surface area contributed by atoms with Gasteiger partial charge >= 0.3 is 0 Å². The highest BCUT2D eigenvalue weighted by molar-refractivity contribution is 5.03. The van der Waals surface area contributed by atoms with Gasteiger partial charge in [-0.25, -0.2) is 0 Å². The molecule has 0 aromatic heterocycles. The van der Waals surface area contributed by atoms with Gasteiger partial charge in [-0.3, -0.25) is 4.90 Å². The minimum Gasteiger partial charge on any atom is -0.380 e. The number of rotatable bonds is 3. The van der Waals surface area contributed by atoms with E-state index in [2.05, 4.69) is 25.7 Å². The summed E-state index contributed by atoms with van der Waals surface area (Å²) < 4.78 is 5.27. The third-order valence-electron chi connectivity index (χ3n) is 3.59. The van der Waals surface area contributed by atoms with Crippen molar-refractivity contribution in [1.82, 2.24) is 4.90 Å². The molecule has 2 aliphatic rings. The summed E-state index contributed by atoms with van der Waals surface area (Å²) in [5.41, 5.74) is 0.987. The predicted molar refractivity (Wildman–Crippen MR) is 53.8 cm³/mol. The molecule has 2 saturated heterocycles. The zero-order valence-corrected chi connectivity index (χ0v) is 9.10. The van der Waals surface area contributed by atoms with Crippen LogP contribution >= 0.6 is 0 Å². The van der Waals surface area contributed by atoms with Gasteiger partial charge in [0.1, 0.15) is 0 Å². The highest BCUT2D eigenvalue weighted by Gasteiger charge is 2.52. The van der Waals surface area contributed by atoms with Crippen LogP contribution < -0.4 is 0 Å². The van der Waals surface area contributed by atoms with E-state index in [1.807, 2.05) is 0 Å². The van der Waals surface area contributed by atoms with Crippen molar-refractivity contribution in [2.45, 2.75) is 39.2 Å². The topological polar surface area (TPSA) is 12.5 Å². The molecule has 0 aromatic carbocycles. The Bertz CT molecular complexity index is 188. The van der Waals surface area contributed by atoms with Gasteiger partial charge in [0.15, 0.2) is 0 Å². The lowest BCUT2D eigenvalue weighted by molar-refractivity contribution is -0.210. The van der Waals surface area contributed by atoms with Gasteiger partial charge in [0.25, 0.3) is 0 Å². The Labute approximate surface area is 81.3 Å². The van der Waals surface area contributed by atoms with Crippen molar-refractivity contribution in [3.05, 3.63) is 0 Å². The van der Waals surface area contributed by atoms with Crippen molar-refractivity contribution in [3.63, 3.8) is 0 Å². The highest BCUT2D eigenvalue weighted by Crippen LogP contribution is 2.42. The van der Waals surface area contributed by atoms with Crippen LogP contribution in [0.1, 0.15) is 33.6 Å². The van der Waals surface area contributed by atoms with Gasteiger partial charge in [-0.2, -0.15) is 0 Å². The molecule has 76 valence electrons. The lowest BCUT2D eigenvalue weighted by Gasteiger charge is -2.60. The third-order valence-corrected chi connectivity index (χ3v) is 3.59. The Morgan fingerprint density at radius 3 is 2.31 bits per heavy atom. The molecule has 0 bridgehead atoms. The number of hydrogen-bond acceptors (Lipinski definition) is 2. The van der Waals surface area contributed by atoms with E-state index in [1.54, 1.807) is 0 Å². The van der Waals surface area contributed by atoms with Gasteiger partial charge in [0, 0.05) is 24.0 Å². The molecule has 2 heteroatoms. The minimum atomic E-state index is 0.412. The van der Waals surface area contributed by atoms with Gasteiger partial charge in [-0.05, 0) is 20.3 Å². The molecule has 0 radical (unpaired) electrons. The Morgan fingerprint density at radius 2 is 1.92 bits per heavy atom. The molecule has 0 aliphatic carbocycles. The van der Waals surface area contributed by atoms with Crippen LogP contribution in [-0.4, -0.2) is 36.7 Å². The van der Waals surface area contributed by atoms with Gasteiger partial charge in [-0.1, -0.05) is 13.3 Å². The monoisotopic (exact) mass is 183 g/mol. The van der Waals surface area contributed by atoms with Gasteiger partial charge in [-0.15, -0.1) is 0 Å². The van der Waals surface area contributed by atoms with E-state index in [1.165, 1.54) is 25.9 Å². The minimum absolute atomic E-state index is 0.412. The maximum Gasteiger partial charge on any atom is 0.0569 e. The van der Waals surface area contributed by atoms with Gasteiger partial charge in [0.2, 0.25) is 0 Å². The molecule has 1 spiro atoms. The van der Waals surface area contributed by atoms with Gasteiger partial charge in [0.05, 0.1) is 13.2 Å². The molecule has 2 heterocycles. The summed E-state index contributed by atoms with van der Waals surface area (Å²) in [5.74, 6) is 0. The molecule has 13 heavy (non-hydrogen) atoms. The predicted octanol–water partition coefficient (Wildman–Crippen LogP) is 1.90. The normalized spacial score (nSPS) is 27.0. The van der Waals surface area contributed by atoms with E-state index < -0.39 is 0 Å². The molecule has 0 aromatic rings. The van der Waals surface area contributed by atoms with Crippen LogP contribution in [0.15, 0.2) is 0 Å². The van der Waals surface area contributed by atoms with Crippen LogP contribution in [0.2, 0.25) is 0 Å². The van der Waals surface area contributed by atoms with Crippen molar-refractivity contribution >= 4 is 0 Å². The summed E-state index contributed by atoms with van der Waals surface area (Å²) in [7, 11) is 0. The molecule has 0 unspecified atom stereocenters. The molecule has 2 rings (SSSR count). The Hall–Kier alpha value is -0.0800. The Morgan fingerprint density at radius 1 is 1.31 bits per heavy atom. The fraction of sp³-hybridized carbons (Fsp3) is 1.00. The van der Waals surface area contributed by atoms with Crippen LogP contribution in [0, 0.1) is 5.41 Å². The van der Waals surface area contributed by atoms with E-state index >= 15 is 0 Å². The first-order chi connectivity index (χ1) is 6.08. The Kier molecular flexibility index (Phi) is 2.16. The molecule has 2 nitrogen and oxygen atoms in total.